The van der Waals surface area contributed by atoms with E-state index in [1.807, 2.05) is 29.2 Å². The molecule has 1 aromatic rings. The molecule has 25 heavy (non-hydrogen) atoms. The standard InChI is InChI=1S/C19H27N3O2.ClH/c1-2-12-22(16-8-10-20-11-9-16)19(24)15-5-3-6-17(14-15)21-13-4-7-18(21)23;/h3,5-6,14,16,20H,2,4,7-13H2,1H3;1H. The van der Waals surface area contributed by atoms with Crippen LogP contribution >= 0.6 is 12.4 Å². The fraction of sp³-hybridized carbons (Fsp3) is 0.579. The highest BCUT2D eigenvalue weighted by Crippen LogP contribution is 2.24. The Morgan fingerprint density at radius 3 is 2.72 bits per heavy atom. The number of halogens is 1. The van der Waals surface area contributed by atoms with Crippen molar-refractivity contribution in [3.05, 3.63) is 29.8 Å². The molecule has 2 heterocycles. The van der Waals surface area contributed by atoms with Gasteiger partial charge in [0.05, 0.1) is 0 Å². The van der Waals surface area contributed by atoms with Crippen molar-refractivity contribution in [3.8, 4) is 0 Å². The number of nitrogens with zero attached hydrogens (tertiary/aromatic N) is 2. The maximum absolute atomic E-state index is 13.1. The van der Waals surface area contributed by atoms with Crippen LogP contribution < -0.4 is 10.2 Å². The highest BCUT2D eigenvalue weighted by Gasteiger charge is 2.27. The van der Waals surface area contributed by atoms with Gasteiger partial charge in [-0.1, -0.05) is 13.0 Å². The van der Waals surface area contributed by atoms with Gasteiger partial charge in [0.25, 0.3) is 5.91 Å². The first-order valence-corrected chi connectivity index (χ1v) is 9.13. The summed E-state index contributed by atoms with van der Waals surface area (Å²) in [4.78, 5) is 28.9. The van der Waals surface area contributed by atoms with Crippen molar-refractivity contribution >= 4 is 29.9 Å². The molecule has 0 unspecified atom stereocenters. The van der Waals surface area contributed by atoms with Gasteiger partial charge < -0.3 is 15.1 Å². The van der Waals surface area contributed by atoms with Crippen LogP contribution in [0.25, 0.3) is 0 Å². The zero-order chi connectivity index (χ0) is 16.9. The molecule has 0 atom stereocenters. The smallest absolute Gasteiger partial charge is 0.254 e. The van der Waals surface area contributed by atoms with Crippen LogP contribution in [0.2, 0.25) is 0 Å². The number of anilines is 1. The summed E-state index contributed by atoms with van der Waals surface area (Å²) in [5.41, 5.74) is 1.55. The van der Waals surface area contributed by atoms with Crippen molar-refractivity contribution in [2.24, 2.45) is 0 Å². The molecule has 0 aliphatic carbocycles. The van der Waals surface area contributed by atoms with E-state index < -0.39 is 0 Å². The van der Waals surface area contributed by atoms with E-state index in [-0.39, 0.29) is 24.2 Å². The van der Waals surface area contributed by atoms with Crippen molar-refractivity contribution in [1.82, 2.24) is 10.2 Å². The fourth-order valence-corrected chi connectivity index (χ4v) is 3.70. The van der Waals surface area contributed by atoms with Crippen LogP contribution in [-0.2, 0) is 4.79 Å². The molecule has 2 saturated heterocycles. The van der Waals surface area contributed by atoms with Gasteiger partial charge in [0, 0.05) is 36.8 Å². The number of hydrogen-bond donors (Lipinski definition) is 1. The van der Waals surface area contributed by atoms with Crippen LogP contribution in [0.15, 0.2) is 24.3 Å². The molecule has 2 aliphatic rings. The van der Waals surface area contributed by atoms with Gasteiger partial charge in [-0.05, 0) is 57.0 Å². The highest BCUT2D eigenvalue weighted by molar-refractivity contribution is 5.99. The Hall–Kier alpha value is -1.59. The van der Waals surface area contributed by atoms with Crippen LogP contribution in [-0.4, -0.2) is 48.9 Å². The van der Waals surface area contributed by atoms with E-state index in [4.69, 9.17) is 0 Å². The number of hydrogen-bond acceptors (Lipinski definition) is 3. The summed E-state index contributed by atoms with van der Waals surface area (Å²) in [6.45, 7) is 5.60. The lowest BCUT2D eigenvalue weighted by Crippen LogP contribution is -2.46. The van der Waals surface area contributed by atoms with E-state index in [1.165, 1.54) is 0 Å². The fourth-order valence-electron chi connectivity index (χ4n) is 3.70. The number of piperidine rings is 1. The largest absolute Gasteiger partial charge is 0.336 e. The molecule has 0 aromatic heterocycles. The Morgan fingerprint density at radius 1 is 1.32 bits per heavy atom. The van der Waals surface area contributed by atoms with Gasteiger partial charge in [0.15, 0.2) is 0 Å². The first kappa shape index (κ1) is 19.7. The topological polar surface area (TPSA) is 52.7 Å². The molecule has 2 aliphatic heterocycles. The molecule has 0 radical (unpaired) electrons. The molecule has 3 rings (SSSR count). The van der Waals surface area contributed by atoms with Crippen molar-refractivity contribution in [2.45, 2.75) is 45.1 Å². The number of benzene rings is 1. The molecule has 0 spiro atoms. The van der Waals surface area contributed by atoms with Crippen molar-refractivity contribution < 1.29 is 9.59 Å². The molecular formula is C19H28ClN3O2. The van der Waals surface area contributed by atoms with Gasteiger partial charge in [-0.15, -0.1) is 12.4 Å². The Kier molecular flexibility index (Phi) is 7.26. The minimum Gasteiger partial charge on any atom is -0.336 e. The van der Waals surface area contributed by atoms with Crippen molar-refractivity contribution in [3.63, 3.8) is 0 Å². The van der Waals surface area contributed by atoms with E-state index in [2.05, 4.69) is 12.2 Å². The molecule has 5 nitrogen and oxygen atoms in total. The number of carbonyl (C=O) groups excluding carboxylic acids is 2. The molecule has 138 valence electrons. The lowest BCUT2D eigenvalue weighted by Gasteiger charge is -2.34. The van der Waals surface area contributed by atoms with E-state index in [0.29, 0.717) is 18.0 Å². The van der Waals surface area contributed by atoms with Crippen LogP contribution in [0.4, 0.5) is 5.69 Å². The second kappa shape index (κ2) is 9.20. The number of rotatable bonds is 5. The summed E-state index contributed by atoms with van der Waals surface area (Å²) >= 11 is 0. The number of nitrogens with one attached hydrogen (secondary N) is 1. The third kappa shape index (κ3) is 4.53. The van der Waals surface area contributed by atoms with Crippen molar-refractivity contribution in [2.75, 3.05) is 31.1 Å². The molecule has 2 fully saturated rings. The third-order valence-corrected chi connectivity index (χ3v) is 4.95. The van der Waals surface area contributed by atoms with E-state index in [0.717, 1.165) is 57.5 Å². The zero-order valence-corrected chi connectivity index (χ0v) is 15.7. The number of amides is 2. The molecule has 2 amide bonds. The molecular weight excluding hydrogens is 338 g/mol. The van der Waals surface area contributed by atoms with Gasteiger partial charge in [-0.2, -0.15) is 0 Å². The van der Waals surface area contributed by atoms with Crippen LogP contribution in [0.3, 0.4) is 0 Å². The maximum Gasteiger partial charge on any atom is 0.254 e. The minimum absolute atomic E-state index is 0. The van der Waals surface area contributed by atoms with Crippen molar-refractivity contribution in [1.29, 1.82) is 0 Å². The van der Waals surface area contributed by atoms with Crippen LogP contribution in [0.5, 0.6) is 0 Å². The molecule has 1 aromatic carbocycles. The Bertz CT molecular complexity index is 602. The Morgan fingerprint density at radius 2 is 2.08 bits per heavy atom. The normalized spacial score (nSPS) is 18.1. The molecule has 0 saturated carbocycles. The van der Waals surface area contributed by atoms with E-state index >= 15 is 0 Å². The van der Waals surface area contributed by atoms with Crippen LogP contribution in [0, 0.1) is 0 Å². The second-order valence-electron chi connectivity index (χ2n) is 6.68. The lowest BCUT2D eigenvalue weighted by atomic mass is 10.0. The summed E-state index contributed by atoms with van der Waals surface area (Å²) in [6.07, 6.45) is 4.48. The van der Waals surface area contributed by atoms with E-state index in [9.17, 15) is 9.59 Å². The summed E-state index contributed by atoms with van der Waals surface area (Å²) < 4.78 is 0. The quantitative estimate of drug-likeness (QED) is 0.872. The monoisotopic (exact) mass is 365 g/mol. The molecule has 1 N–H and O–H groups in total. The second-order valence-corrected chi connectivity index (χ2v) is 6.68. The van der Waals surface area contributed by atoms with Crippen LogP contribution in [0.1, 0.15) is 49.4 Å². The molecule has 0 bridgehead atoms. The third-order valence-electron chi connectivity index (χ3n) is 4.95. The number of carbonyl (C=O) groups is 2. The Labute approximate surface area is 156 Å². The maximum atomic E-state index is 13.1. The first-order valence-electron chi connectivity index (χ1n) is 9.13. The van der Waals surface area contributed by atoms with Gasteiger partial charge >= 0.3 is 0 Å². The average molecular weight is 366 g/mol. The zero-order valence-electron chi connectivity index (χ0n) is 14.9. The highest BCUT2D eigenvalue weighted by atomic mass is 35.5. The Balaban J connectivity index is 0.00000225. The predicted octanol–water partition coefficient (Wildman–Crippen LogP) is 2.84. The summed E-state index contributed by atoms with van der Waals surface area (Å²) in [6, 6.07) is 7.89. The van der Waals surface area contributed by atoms with E-state index in [1.54, 1.807) is 4.90 Å². The minimum atomic E-state index is 0. The average Bonchev–Trinajstić information content (AvgIpc) is 3.06. The summed E-state index contributed by atoms with van der Waals surface area (Å²) in [5.74, 6) is 0.251. The lowest BCUT2D eigenvalue weighted by molar-refractivity contribution is -0.117. The first-order chi connectivity index (χ1) is 11.7. The van der Waals surface area contributed by atoms with Gasteiger partial charge in [0.1, 0.15) is 0 Å². The summed E-state index contributed by atoms with van der Waals surface area (Å²) in [5, 5.41) is 3.36. The predicted molar refractivity (Wildman–Crippen MR) is 102 cm³/mol. The SMILES string of the molecule is CCCN(C(=O)c1cccc(N2CCCC2=O)c1)C1CCNCC1.Cl. The summed E-state index contributed by atoms with van der Waals surface area (Å²) in [7, 11) is 0. The van der Waals surface area contributed by atoms with Gasteiger partial charge in [-0.3, -0.25) is 9.59 Å². The van der Waals surface area contributed by atoms with Gasteiger partial charge in [0.2, 0.25) is 5.91 Å². The van der Waals surface area contributed by atoms with Gasteiger partial charge in [-0.25, -0.2) is 0 Å². The molecule has 6 heteroatoms.